The summed E-state index contributed by atoms with van der Waals surface area (Å²) < 4.78 is 16.7. The fraction of sp³-hybridized carbons (Fsp3) is 0.303. The lowest BCUT2D eigenvalue weighted by atomic mass is 10.1. The third-order valence-corrected chi connectivity index (χ3v) is 7.36. The van der Waals surface area contributed by atoms with Crippen LogP contribution in [-0.4, -0.2) is 48.8 Å². The third-order valence-electron chi connectivity index (χ3n) is 7.36. The average molecular weight is 584 g/mol. The first kappa shape index (κ1) is 29.7. The number of nitrogens with one attached hydrogen (secondary N) is 3. The molecule has 3 amide bonds. The monoisotopic (exact) mass is 583 g/mol. The normalized spacial score (nSPS) is 14.0. The summed E-state index contributed by atoms with van der Waals surface area (Å²) in [5.41, 5.74) is 3.65. The molecular formula is C33H37N5O5. The van der Waals surface area contributed by atoms with Gasteiger partial charge in [-0.3, -0.25) is 0 Å². The van der Waals surface area contributed by atoms with Crippen molar-refractivity contribution in [2.24, 2.45) is 0 Å². The molecule has 5 rings (SSSR count). The number of piperidine rings is 1. The minimum atomic E-state index is -0.480. The summed E-state index contributed by atoms with van der Waals surface area (Å²) in [6.07, 6.45) is 6.60. The Kier molecular flexibility index (Phi) is 10.3. The minimum absolute atomic E-state index is 0.254. The van der Waals surface area contributed by atoms with Gasteiger partial charge in [-0.15, -0.1) is 0 Å². The Hall–Kier alpha value is -4.83. The summed E-state index contributed by atoms with van der Waals surface area (Å²) in [6, 6.07) is 22.0. The molecule has 0 spiro atoms. The molecule has 0 radical (unpaired) electrons. The number of amides is 3. The van der Waals surface area contributed by atoms with E-state index in [1.165, 1.54) is 25.7 Å². The zero-order valence-electron chi connectivity index (χ0n) is 24.3. The Morgan fingerprint density at radius 2 is 1.74 bits per heavy atom. The lowest BCUT2D eigenvalue weighted by Gasteiger charge is -2.28. The lowest BCUT2D eigenvalue weighted by molar-refractivity contribution is 0.0814. The summed E-state index contributed by atoms with van der Waals surface area (Å²) in [7, 11) is 1.55. The van der Waals surface area contributed by atoms with Gasteiger partial charge in [-0.1, -0.05) is 48.9 Å². The molecule has 10 heteroatoms. The van der Waals surface area contributed by atoms with Crippen molar-refractivity contribution in [1.29, 1.82) is 0 Å². The standard InChI is InChI=1S/C33H37N5O5/c1-41-30-20-27(13-14-28(30)31-22-34-23-42-31)37-32(39)36-26-12-8-9-24(19-26)21-35-33(40)43-29(25-10-4-2-5-11-25)15-18-38-16-6-3-7-17-38/h2,4-5,8-14,19-20,22-23,29H,3,6-7,15-18,21H2,1H3,(H,35,40)(H2,36,37,39). The van der Waals surface area contributed by atoms with Crippen molar-refractivity contribution < 1.29 is 23.5 Å². The minimum Gasteiger partial charge on any atom is -0.496 e. The van der Waals surface area contributed by atoms with Crippen LogP contribution in [-0.2, 0) is 11.3 Å². The van der Waals surface area contributed by atoms with E-state index < -0.39 is 12.1 Å². The number of nitrogens with zero attached hydrogens (tertiary/aromatic N) is 2. The second kappa shape index (κ2) is 14.9. The fourth-order valence-corrected chi connectivity index (χ4v) is 5.16. The first-order valence-corrected chi connectivity index (χ1v) is 14.5. The van der Waals surface area contributed by atoms with E-state index in [0.717, 1.165) is 42.7 Å². The van der Waals surface area contributed by atoms with Crippen molar-refractivity contribution in [3.8, 4) is 17.1 Å². The van der Waals surface area contributed by atoms with Gasteiger partial charge >= 0.3 is 12.1 Å². The highest BCUT2D eigenvalue weighted by molar-refractivity contribution is 6.00. The number of urea groups is 1. The molecule has 0 bridgehead atoms. The second-order valence-electron chi connectivity index (χ2n) is 10.4. The van der Waals surface area contributed by atoms with Gasteiger partial charge in [-0.2, -0.15) is 0 Å². The number of ether oxygens (including phenoxy) is 2. The lowest BCUT2D eigenvalue weighted by Crippen LogP contribution is -2.32. The fourth-order valence-electron chi connectivity index (χ4n) is 5.16. The number of hydrogen-bond acceptors (Lipinski definition) is 7. The number of likely N-dealkylation sites (tertiary alicyclic amines) is 1. The van der Waals surface area contributed by atoms with Gasteiger partial charge in [0.1, 0.15) is 11.9 Å². The number of aromatic nitrogens is 1. The van der Waals surface area contributed by atoms with Gasteiger partial charge in [-0.25, -0.2) is 14.6 Å². The quantitative estimate of drug-likeness (QED) is 0.177. The van der Waals surface area contributed by atoms with Gasteiger partial charge in [0.05, 0.1) is 18.9 Å². The van der Waals surface area contributed by atoms with Crippen molar-refractivity contribution in [1.82, 2.24) is 15.2 Å². The van der Waals surface area contributed by atoms with E-state index in [4.69, 9.17) is 13.9 Å². The molecule has 43 heavy (non-hydrogen) atoms. The average Bonchev–Trinajstić information content (AvgIpc) is 3.58. The van der Waals surface area contributed by atoms with Gasteiger partial charge in [0, 0.05) is 37.0 Å². The number of anilines is 2. The van der Waals surface area contributed by atoms with Crippen molar-refractivity contribution in [2.45, 2.75) is 38.3 Å². The zero-order valence-corrected chi connectivity index (χ0v) is 24.3. The van der Waals surface area contributed by atoms with Crippen molar-refractivity contribution in [3.63, 3.8) is 0 Å². The molecule has 4 aromatic rings. The molecule has 3 aromatic carbocycles. The molecule has 1 aliphatic rings. The van der Waals surface area contributed by atoms with Crippen LogP contribution in [0.5, 0.6) is 5.75 Å². The van der Waals surface area contributed by atoms with Crippen molar-refractivity contribution in [3.05, 3.63) is 96.5 Å². The molecular weight excluding hydrogens is 546 g/mol. The molecule has 224 valence electrons. The number of rotatable bonds is 11. The van der Waals surface area contributed by atoms with Gasteiger partial charge in [0.15, 0.2) is 12.2 Å². The molecule has 1 fully saturated rings. The molecule has 1 unspecified atom stereocenters. The van der Waals surface area contributed by atoms with Crippen LogP contribution in [0.1, 0.15) is 42.9 Å². The molecule has 10 nitrogen and oxygen atoms in total. The predicted octanol–water partition coefficient (Wildman–Crippen LogP) is 6.84. The molecule has 1 aliphatic heterocycles. The van der Waals surface area contributed by atoms with E-state index in [0.29, 0.717) is 22.9 Å². The molecule has 0 aliphatic carbocycles. The number of alkyl carbamates (subject to hydrolysis) is 1. The van der Waals surface area contributed by atoms with Crippen molar-refractivity contribution in [2.75, 3.05) is 37.4 Å². The highest BCUT2D eigenvalue weighted by Gasteiger charge is 2.19. The smallest absolute Gasteiger partial charge is 0.408 e. The number of methoxy groups -OCH3 is 1. The Morgan fingerprint density at radius 3 is 2.49 bits per heavy atom. The van der Waals surface area contributed by atoms with E-state index >= 15 is 0 Å². The SMILES string of the molecule is COc1cc(NC(=O)Nc2cccc(CNC(=O)OC(CCN3CCCCC3)c3ccccc3)c2)ccc1-c1cnco1. The molecule has 1 atom stereocenters. The second-order valence-corrected chi connectivity index (χ2v) is 10.4. The number of benzene rings is 3. The van der Waals surface area contributed by atoms with Gasteiger partial charge in [-0.05, 0) is 61.3 Å². The zero-order chi connectivity index (χ0) is 29.9. The molecule has 1 aromatic heterocycles. The van der Waals surface area contributed by atoms with E-state index in [1.807, 2.05) is 42.5 Å². The summed E-state index contributed by atoms with van der Waals surface area (Å²) >= 11 is 0. The maximum atomic E-state index is 12.8. The maximum Gasteiger partial charge on any atom is 0.408 e. The number of carbonyl (C=O) groups excluding carboxylic acids is 2. The number of oxazole rings is 1. The van der Waals surface area contributed by atoms with Crippen LogP contribution in [0, 0.1) is 0 Å². The van der Waals surface area contributed by atoms with Crippen LogP contribution in [0.3, 0.4) is 0 Å². The van der Waals surface area contributed by atoms with Crippen LogP contribution in [0.25, 0.3) is 11.3 Å². The third kappa shape index (κ3) is 8.59. The van der Waals surface area contributed by atoms with E-state index in [-0.39, 0.29) is 12.6 Å². The Balaban J connectivity index is 1.13. The van der Waals surface area contributed by atoms with Crippen LogP contribution in [0.4, 0.5) is 21.0 Å². The predicted molar refractivity (Wildman–Crippen MR) is 165 cm³/mol. The summed E-state index contributed by atoms with van der Waals surface area (Å²) in [5, 5.41) is 8.50. The van der Waals surface area contributed by atoms with Crippen LogP contribution in [0.2, 0.25) is 0 Å². The van der Waals surface area contributed by atoms with Crippen LogP contribution >= 0.6 is 0 Å². The molecule has 0 saturated carbocycles. The first-order chi connectivity index (χ1) is 21.1. The van der Waals surface area contributed by atoms with Crippen molar-refractivity contribution >= 4 is 23.5 Å². The largest absolute Gasteiger partial charge is 0.496 e. The van der Waals surface area contributed by atoms with E-state index in [2.05, 4.69) is 25.8 Å². The van der Waals surface area contributed by atoms with E-state index in [1.54, 1.807) is 43.6 Å². The summed E-state index contributed by atoms with van der Waals surface area (Å²) in [6.45, 7) is 3.34. The topological polar surface area (TPSA) is 118 Å². The highest BCUT2D eigenvalue weighted by Crippen LogP contribution is 2.32. The summed E-state index contributed by atoms with van der Waals surface area (Å²) in [5.74, 6) is 1.10. The van der Waals surface area contributed by atoms with Crippen LogP contribution < -0.4 is 20.7 Å². The number of carbonyl (C=O) groups is 2. The molecule has 2 heterocycles. The van der Waals surface area contributed by atoms with E-state index in [9.17, 15) is 9.59 Å². The number of hydrogen-bond donors (Lipinski definition) is 3. The molecule has 1 saturated heterocycles. The van der Waals surface area contributed by atoms with Gasteiger partial charge < -0.3 is 34.7 Å². The van der Waals surface area contributed by atoms with Gasteiger partial charge in [0.25, 0.3) is 0 Å². The maximum absolute atomic E-state index is 12.8. The van der Waals surface area contributed by atoms with Crippen LogP contribution in [0.15, 0.2) is 89.8 Å². The van der Waals surface area contributed by atoms with Gasteiger partial charge in [0.2, 0.25) is 0 Å². The Morgan fingerprint density at radius 1 is 0.953 bits per heavy atom. The highest BCUT2D eigenvalue weighted by atomic mass is 16.6. The Bertz CT molecular complexity index is 1470. The Labute approximate surface area is 251 Å². The molecule has 3 N–H and O–H groups in total. The first-order valence-electron chi connectivity index (χ1n) is 14.5. The summed E-state index contributed by atoms with van der Waals surface area (Å²) in [4.78, 5) is 31.9.